The van der Waals surface area contributed by atoms with E-state index < -0.39 is 0 Å². The van der Waals surface area contributed by atoms with Gasteiger partial charge in [-0.15, -0.1) is 0 Å². The summed E-state index contributed by atoms with van der Waals surface area (Å²) in [6.07, 6.45) is 0. The van der Waals surface area contributed by atoms with Gasteiger partial charge in [0.15, 0.2) is 5.78 Å². The highest BCUT2D eigenvalue weighted by Gasteiger charge is 2.71. The van der Waals surface area contributed by atoms with Crippen LogP contribution in [-0.2, 0) is 9.59 Å². The maximum atomic E-state index is 11.7. The van der Waals surface area contributed by atoms with Crippen molar-refractivity contribution in [2.45, 2.75) is 26.8 Å². The number of amides is 1. The number of hydrogen-bond acceptors (Lipinski definition) is 2. The molecule has 3 atom stereocenters. The van der Waals surface area contributed by atoms with E-state index in [0.717, 1.165) is 0 Å². The van der Waals surface area contributed by atoms with E-state index >= 15 is 0 Å². The number of hydrogen-bond donors (Lipinski definition) is 0. The number of fused-ring (bicyclic) bond motifs is 1. The van der Waals surface area contributed by atoms with Gasteiger partial charge in [0.25, 0.3) is 0 Å². The minimum absolute atomic E-state index is 0.0555. The lowest BCUT2D eigenvalue weighted by Gasteiger charge is -2.24. The van der Waals surface area contributed by atoms with Gasteiger partial charge >= 0.3 is 0 Å². The van der Waals surface area contributed by atoms with Crippen LogP contribution >= 0.6 is 37.2 Å². The molecule has 0 aromatic rings. The summed E-state index contributed by atoms with van der Waals surface area (Å²) in [5.74, 6) is 0.637. The van der Waals surface area contributed by atoms with Gasteiger partial charge in [0.1, 0.15) is 0 Å². The summed E-state index contributed by atoms with van der Waals surface area (Å²) in [5, 5.41) is 0. The molecule has 1 heterocycles. The van der Waals surface area contributed by atoms with Crippen LogP contribution in [0.2, 0.25) is 0 Å². The highest BCUT2D eigenvalue weighted by molar-refractivity contribution is 15.0. The molecule has 1 saturated heterocycles. The smallest absolute Gasteiger partial charge is 0.226 e. The highest BCUT2D eigenvalue weighted by Crippen LogP contribution is 2.65. The van der Waals surface area contributed by atoms with Crippen LogP contribution in [0.25, 0.3) is 0 Å². The van der Waals surface area contributed by atoms with E-state index in [1.807, 2.05) is 0 Å². The van der Waals surface area contributed by atoms with E-state index in [-0.39, 0.29) is 35.0 Å². The number of carbonyl (C=O) groups excluding carboxylic acids is 2. The third kappa shape index (κ3) is 1.94. The van der Waals surface area contributed by atoms with Crippen molar-refractivity contribution in [2.75, 3.05) is 7.05 Å². The van der Waals surface area contributed by atoms with Crippen molar-refractivity contribution in [2.24, 2.45) is 17.3 Å². The van der Waals surface area contributed by atoms with E-state index in [1.165, 1.54) is 0 Å². The number of likely N-dealkylation sites (N-methyl/N-ethyl adjacent to an activating group) is 1. The van der Waals surface area contributed by atoms with Crippen LogP contribution in [0.3, 0.4) is 0 Å². The summed E-state index contributed by atoms with van der Waals surface area (Å²) < 4.78 is 0. The maximum Gasteiger partial charge on any atom is 0.226 e. The van der Waals surface area contributed by atoms with Gasteiger partial charge in [-0.25, -0.2) is 0 Å². The molecule has 15 heavy (non-hydrogen) atoms. The van der Waals surface area contributed by atoms with Gasteiger partial charge in [-0.1, -0.05) is 13.8 Å². The van der Waals surface area contributed by atoms with Crippen molar-refractivity contribution in [3.05, 3.63) is 0 Å². The molecule has 1 saturated carbocycles. The molecule has 1 amide bonds. The lowest BCUT2D eigenvalue weighted by atomic mass is 9.99. The highest BCUT2D eigenvalue weighted by atomic mass is 128. The largest absolute Gasteiger partial charge is 0.335 e. The number of piperidine rings is 1. The zero-order chi connectivity index (χ0) is 12.0. The first-order chi connectivity index (χ1) is 6.89. The van der Waals surface area contributed by atoms with Crippen molar-refractivity contribution >= 4 is 48.9 Å². The first-order valence-corrected chi connectivity index (χ1v) is 11.1. The molecule has 1 aliphatic carbocycles. The first-order valence-electron chi connectivity index (χ1n) is 4.80. The predicted molar refractivity (Wildman–Crippen MR) is 76.0 cm³/mol. The van der Waals surface area contributed by atoms with E-state index in [4.69, 9.17) is 0 Å². The zero-order valence-corrected chi connectivity index (χ0v) is 13.6. The van der Waals surface area contributed by atoms with Crippen molar-refractivity contribution in [3.8, 4) is 0 Å². The summed E-state index contributed by atoms with van der Waals surface area (Å²) in [7, 11) is 1.73. The lowest BCUT2D eigenvalue weighted by Crippen LogP contribution is -2.40. The lowest BCUT2D eigenvalue weighted by molar-refractivity contribution is -0.136. The van der Waals surface area contributed by atoms with Crippen LogP contribution in [0.4, 0.5) is 0 Å². The molecule has 5 heteroatoms. The number of likely N-dealkylation sites (tertiary alicyclic amines) is 1. The summed E-state index contributed by atoms with van der Waals surface area (Å²) >= 11 is 4.24. The van der Waals surface area contributed by atoms with Crippen LogP contribution in [0.15, 0.2) is 0 Å². The predicted octanol–water partition coefficient (Wildman–Crippen LogP) is 2.46. The van der Waals surface area contributed by atoms with Crippen molar-refractivity contribution in [1.82, 2.24) is 4.90 Å². The molecule has 0 radical (unpaired) electrons. The average Bonchev–Trinajstić information content (AvgIpc) is 2.56. The Morgan fingerprint density at radius 2 is 1.87 bits per heavy atom. The molecule has 0 spiro atoms. The standard InChI is InChI=1S/C10H15NO2.I2/c1-5(12)8-6-7(10(6,2)3)9(13)11(8)4;1-2/h6-8H,1-4H3;. The molecular weight excluding hydrogens is 420 g/mol. The molecule has 2 rings (SSSR count). The molecule has 0 N–H and O–H groups in total. The normalized spacial score (nSPS) is 35.5. The fraction of sp³-hybridized carbons (Fsp3) is 0.800. The molecule has 3 nitrogen and oxygen atoms in total. The Kier molecular flexibility index (Phi) is 4.06. The topological polar surface area (TPSA) is 37.4 Å². The van der Waals surface area contributed by atoms with Gasteiger partial charge in [0, 0.05) is 56.1 Å². The van der Waals surface area contributed by atoms with Crippen molar-refractivity contribution in [3.63, 3.8) is 0 Å². The van der Waals surface area contributed by atoms with E-state index in [0.29, 0.717) is 0 Å². The number of Topliss-reactive ketones (excluding diaryl/α,β-unsaturated/α-hetero) is 1. The second kappa shape index (κ2) is 4.46. The quantitative estimate of drug-likeness (QED) is 0.594. The average molecular weight is 435 g/mol. The number of nitrogens with zero attached hydrogens (tertiary/aromatic N) is 1. The molecule has 0 aromatic carbocycles. The second-order valence-electron chi connectivity index (χ2n) is 4.83. The Morgan fingerprint density at radius 1 is 1.40 bits per heavy atom. The van der Waals surface area contributed by atoms with Gasteiger partial charge in [-0.05, 0) is 12.3 Å². The Hall–Kier alpha value is 0.600. The zero-order valence-electron chi connectivity index (χ0n) is 9.25. The number of rotatable bonds is 1. The van der Waals surface area contributed by atoms with Gasteiger partial charge in [0.05, 0.1) is 6.04 Å². The summed E-state index contributed by atoms with van der Waals surface area (Å²) in [5.41, 5.74) is 0.0555. The summed E-state index contributed by atoms with van der Waals surface area (Å²) in [4.78, 5) is 24.6. The van der Waals surface area contributed by atoms with Crippen LogP contribution in [0.5, 0.6) is 0 Å². The third-order valence-corrected chi connectivity index (χ3v) is 3.70. The van der Waals surface area contributed by atoms with Crippen LogP contribution in [0, 0.1) is 17.3 Å². The number of carbonyl (C=O) groups is 2. The number of ketones is 1. The van der Waals surface area contributed by atoms with Gasteiger partial charge in [-0.3, -0.25) is 9.59 Å². The molecule has 2 fully saturated rings. The SMILES string of the molecule is CC(=O)C1C2C(C(=O)N1C)C2(C)C.II. The summed E-state index contributed by atoms with van der Waals surface area (Å²) in [6, 6.07) is -0.160. The van der Waals surface area contributed by atoms with Crippen LogP contribution < -0.4 is 0 Å². The molecule has 1 aliphatic heterocycles. The van der Waals surface area contributed by atoms with Gasteiger partial charge in [-0.2, -0.15) is 0 Å². The molecule has 0 aromatic heterocycles. The van der Waals surface area contributed by atoms with E-state index in [1.54, 1.807) is 18.9 Å². The molecule has 0 bridgehead atoms. The first kappa shape index (κ1) is 13.7. The Balaban J connectivity index is 0.000000531. The van der Waals surface area contributed by atoms with E-state index in [2.05, 4.69) is 51.1 Å². The Morgan fingerprint density at radius 3 is 2.13 bits per heavy atom. The minimum Gasteiger partial charge on any atom is -0.335 e. The minimum atomic E-state index is -0.160. The second-order valence-corrected chi connectivity index (χ2v) is 4.83. The fourth-order valence-electron chi connectivity index (χ4n) is 2.86. The third-order valence-electron chi connectivity index (χ3n) is 3.70. The molecular formula is C10H15I2NO2. The fourth-order valence-corrected chi connectivity index (χ4v) is 2.86. The summed E-state index contributed by atoms with van der Waals surface area (Å²) in [6.45, 7) is 5.72. The van der Waals surface area contributed by atoms with Crippen molar-refractivity contribution < 1.29 is 9.59 Å². The number of halogens is 2. The van der Waals surface area contributed by atoms with Gasteiger partial charge in [0.2, 0.25) is 5.91 Å². The van der Waals surface area contributed by atoms with Crippen molar-refractivity contribution in [1.29, 1.82) is 0 Å². The van der Waals surface area contributed by atoms with E-state index in [9.17, 15) is 9.59 Å². The Labute approximate surface area is 114 Å². The van der Waals surface area contributed by atoms with Crippen LogP contribution in [-0.4, -0.2) is 29.7 Å². The monoisotopic (exact) mass is 435 g/mol. The Bertz CT molecular complexity index is 304. The molecule has 2 aliphatic rings. The van der Waals surface area contributed by atoms with Crippen LogP contribution in [0.1, 0.15) is 20.8 Å². The molecule has 3 unspecified atom stereocenters. The van der Waals surface area contributed by atoms with Gasteiger partial charge < -0.3 is 4.90 Å². The maximum absolute atomic E-state index is 11.7. The molecule has 86 valence electrons.